The van der Waals surface area contributed by atoms with E-state index in [4.69, 9.17) is 23.8 Å². The molecule has 0 N–H and O–H groups in total. The molecule has 2 fully saturated rings. The van der Waals surface area contributed by atoms with Crippen LogP contribution in [0.5, 0.6) is 0 Å². The Labute approximate surface area is 280 Å². The van der Waals surface area contributed by atoms with Crippen LogP contribution in [0.2, 0.25) is 25.7 Å². The van der Waals surface area contributed by atoms with Gasteiger partial charge in [-0.3, -0.25) is 9.79 Å². The topological polar surface area (TPSA) is 89.9 Å². The smallest absolute Gasteiger partial charge is 0.443 e. The van der Waals surface area contributed by atoms with E-state index in [-0.39, 0.29) is 29.6 Å². The molecule has 46 heavy (non-hydrogen) atoms. The van der Waals surface area contributed by atoms with Crippen LogP contribution >= 0.6 is 11.8 Å². The van der Waals surface area contributed by atoms with Crippen molar-refractivity contribution < 1.29 is 32.8 Å². The first-order chi connectivity index (χ1) is 20.9. The molecule has 3 aliphatic rings. The summed E-state index contributed by atoms with van der Waals surface area (Å²) in [5.41, 5.74) is -2.19. The minimum atomic E-state index is -1.40. The fraction of sp³-hybridized carbons (Fsp3) is 0.727. The van der Waals surface area contributed by atoms with E-state index >= 15 is 4.39 Å². The first-order valence-electron chi connectivity index (χ1n) is 16.1. The highest BCUT2D eigenvalue weighted by Crippen LogP contribution is 2.70. The number of amidine groups is 1. The molecule has 1 saturated carbocycles. The number of thioether (sulfide) groups is 1. The van der Waals surface area contributed by atoms with E-state index in [2.05, 4.69) is 19.6 Å². The average Bonchev–Trinajstić information content (AvgIpc) is 3.43. The van der Waals surface area contributed by atoms with Crippen LogP contribution in [0.1, 0.15) is 67.9 Å². The van der Waals surface area contributed by atoms with Crippen LogP contribution in [0.4, 0.5) is 9.18 Å². The first kappa shape index (κ1) is 36.9. The molecule has 2 amide bonds. The van der Waals surface area contributed by atoms with Gasteiger partial charge < -0.3 is 23.7 Å². The Bertz CT molecular complexity index is 1380. The van der Waals surface area contributed by atoms with Crippen LogP contribution in [0, 0.1) is 17.7 Å². The number of benzene rings is 1. The second-order valence-corrected chi connectivity index (χ2v) is 23.4. The summed E-state index contributed by atoms with van der Waals surface area (Å²) in [6, 6.07) is 5.73. The van der Waals surface area contributed by atoms with Crippen LogP contribution in [-0.4, -0.2) is 91.1 Å². The summed E-state index contributed by atoms with van der Waals surface area (Å²) in [5.74, 6) is -1.09. The summed E-state index contributed by atoms with van der Waals surface area (Å²) in [7, 11) is 1.32. The molecule has 0 aromatic heterocycles. The van der Waals surface area contributed by atoms with Crippen LogP contribution in [0.25, 0.3) is 0 Å². The fourth-order valence-electron chi connectivity index (χ4n) is 6.19. The molecule has 9 nitrogen and oxygen atoms in total. The Morgan fingerprint density at radius 3 is 2.20 bits per heavy atom. The highest BCUT2D eigenvalue weighted by Gasteiger charge is 2.77. The number of rotatable bonds is 8. The predicted molar refractivity (Wildman–Crippen MR) is 186 cm³/mol. The summed E-state index contributed by atoms with van der Waals surface area (Å²) in [5, 5.41) is 0.265. The van der Waals surface area contributed by atoms with Crippen LogP contribution in [0.15, 0.2) is 23.2 Å². The van der Waals surface area contributed by atoms with Gasteiger partial charge in [0.15, 0.2) is 5.17 Å². The van der Waals surface area contributed by atoms with E-state index < -0.39 is 54.2 Å². The number of halogens is 1. The first-order valence-corrected chi connectivity index (χ1v) is 20.6. The molecular weight excluding hydrogens is 624 g/mol. The van der Waals surface area contributed by atoms with Gasteiger partial charge in [0.25, 0.3) is 0 Å². The predicted octanol–water partition coefficient (Wildman–Crippen LogP) is 6.09. The van der Waals surface area contributed by atoms with E-state index in [1.54, 1.807) is 51.9 Å². The molecule has 0 bridgehead atoms. The lowest BCUT2D eigenvalue weighted by Gasteiger charge is -2.38. The van der Waals surface area contributed by atoms with E-state index in [1.807, 2.05) is 41.5 Å². The van der Waals surface area contributed by atoms with Crippen molar-refractivity contribution in [1.82, 2.24) is 9.80 Å². The number of hydrogen-bond acceptors (Lipinski definition) is 8. The number of amides is 2. The zero-order valence-electron chi connectivity index (χ0n) is 30.2. The van der Waals surface area contributed by atoms with Gasteiger partial charge in [-0.2, -0.15) is 0 Å². The summed E-state index contributed by atoms with van der Waals surface area (Å²) in [4.78, 5) is 35.8. The minimum absolute atomic E-state index is 0.108. The maximum Gasteiger partial charge on any atom is 0.494 e. The summed E-state index contributed by atoms with van der Waals surface area (Å²) >= 11 is 1.25. The number of hydrogen-bond donors (Lipinski definition) is 0. The molecular formula is C33H53BFN3O6SSi. The number of carbonyl (C=O) groups is 2. The Hall–Kier alpha value is -1.93. The van der Waals surface area contributed by atoms with Crippen molar-refractivity contribution in [2.75, 3.05) is 27.4 Å². The van der Waals surface area contributed by atoms with Crippen molar-refractivity contribution in [3.63, 3.8) is 0 Å². The molecule has 1 aromatic carbocycles. The zero-order valence-corrected chi connectivity index (χ0v) is 32.0. The zero-order chi connectivity index (χ0) is 34.8. The lowest BCUT2D eigenvalue weighted by atomic mass is 9.75. The SMILES string of the molecule is C[C@H]1[C@@H]2[C@@]1(C(=O)N(C)C)SC(N(COCC[Si](C)(C)C)C(=O)OC(C)(C)C)=N[C@]2(C)c1cc(B2OC(C)(C)C(C)(C)O2)ccc1F. The normalized spacial score (nSPS) is 28.3. The van der Waals surface area contributed by atoms with Crippen molar-refractivity contribution in [1.29, 1.82) is 0 Å². The number of carbonyl (C=O) groups excluding carboxylic acids is 2. The van der Waals surface area contributed by atoms with Gasteiger partial charge in [0.1, 0.15) is 22.9 Å². The fourth-order valence-corrected chi connectivity index (χ4v) is 8.81. The van der Waals surface area contributed by atoms with E-state index in [0.717, 1.165) is 6.04 Å². The average molecular weight is 678 g/mol. The number of nitrogens with zero attached hydrogens (tertiary/aromatic N) is 3. The third-order valence-corrected chi connectivity index (χ3v) is 12.9. The molecule has 1 aliphatic carbocycles. The molecule has 0 spiro atoms. The minimum Gasteiger partial charge on any atom is -0.443 e. The second kappa shape index (κ2) is 12.2. The summed E-state index contributed by atoms with van der Waals surface area (Å²) < 4.78 is 39.6. The van der Waals surface area contributed by atoms with Gasteiger partial charge in [-0.05, 0) is 78.9 Å². The van der Waals surface area contributed by atoms with Crippen molar-refractivity contribution in [2.24, 2.45) is 16.8 Å². The van der Waals surface area contributed by atoms with Gasteiger partial charge in [0.05, 0.1) is 16.7 Å². The molecule has 0 unspecified atom stereocenters. The van der Waals surface area contributed by atoms with Gasteiger partial charge >= 0.3 is 13.2 Å². The largest absolute Gasteiger partial charge is 0.494 e. The Balaban J connectivity index is 1.83. The van der Waals surface area contributed by atoms with E-state index in [0.29, 0.717) is 17.6 Å². The van der Waals surface area contributed by atoms with Crippen molar-refractivity contribution >= 4 is 49.6 Å². The molecule has 1 saturated heterocycles. The van der Waals surface area contributed by atoms with Crippen LogP contribution in [0.3, 0.4) is 0 Å². The number of ether oxygens (including phenoxy) is 2. The van der Waals surface area contributed by atoms with Crippen molar-refractivity contribution in [2.45, 2.75) is 115 Å². The van der Waals surface area contributed by atoms with Gasteiger partial charge in [0, 0.05) is 40.3 Å². The standard InChI is InChI=1S/C33H53BFN3O6SSi/c1-21-25-32(9,23-19-22(15-16-24(23)35)34-43-30(5,6)31(7,8)44-34)36-27(45-33(21,25)26(39)37(10)11)38(28(40)42-29(2,3)4)20-41-17-18-46(12,13)14/h15-16,19,21,25H,17-18,20H2,1-14H3/t21-,25-,32+,33-/m0/s1. The maximum atomic E-state index is 16.1. The molecule has 2 aliphatic heterocycles. The van der Waals surface area contributed by atoms with E-state index in [1.165, 1.54) is 22.7 Å². The Kier molecular flexibility index (Phi) is 9.78. The molecule has 4 rings (SSSR count). The van der Waals surface area contributed by atoms with Crippen LogP contribution < -0.4 is 5.46 Å². The second-order valence-electron chi connectivity index (χ2n) is 16.5. The highest BCUT2D eigenvalue weighted by molar-refractivity contribution is 8.16. The quantitative estimate of drug-likeness (QED) is 0.187. The lowest BCUT2D eigenvalue weighted by molar-refractivity contribution is -0.129. The molecule has 0 radical (unpaired) electrons. The Morgan fingerprint density at radius 1 is 1.09 bits per heavy atom. The van der Waals surface area contributed by atoms with Gasteiger partial charge in [-0.15, -0.1) is 0 Å². The monoisotopic (exact) mass is 677 g/mol. The molecule has 2 heterocycles. The molecule has 256 valence electrons. The van der Waals surface area contributed by atoms with E-state index in [9.17, 15) is 9.59 Å². The molecule has 1 aromatic rings. The van der Waals surface area contributed by atoms with Gasteiger partial charge in [0.2, 0.25) is 5.91 Å². The summed E-state index contributed by atoms with van der Waals surface area (Å²) in [6.07, 6.45) is -0.639. The molecule has 4 atom stereocenters. The summed E-state index contributed by atoms with van der Waals surface area (Å²) in [6.45, 7) is 24.2. The third-order valence-electron chi connectivity index (χ3n) is 9.59. The lowest BCUT2D eigenvalue weighted by Crippen LogP contribution is -2.49. The van der Waals surface area contributed by atoms with Gasteiger partial charge in [-0.25, -0.2) is 14.1 Å². The highest BCUT2D eigenvalue weighted by atomic mass is 32.2. The third kappa shape index (κ3) is 6.95. The molecule has 13 heteroatoms. The number of fused-ring (bicyclic) bond motifs is 1. The Morgan fingerprint density at radius 2 is 1.67 bits per heavy atom. The van der Waals surface area contributed by atoms with Crippen LogP contribution in [-0.2, 0) is 29.1 Å². The number of aliphatic imine (C=N–C) groups is 1. The van der Waals surface area contributed by atoms with Crippen molar-refractivity contribution in [3.8, 4) is 0 Å². The maximum absolute atomic E-state index is 16.1. The van der Waals surface area contributed by atoms with Crippen molar-refractivity contribution in [3.05, 3.63) is 29.6 Å². The van der Waals surface area contributed by atoms with Gasteiger partial charge in [-0.1, -0.05) is 50.5 Å².